The molecule has 0 spiro atoms. The van der Waals surface area contributed by atoms with Crippen LogP contribution in [0.5, 0.6) is 0 Å². The summed E-state index contributed by atoms with van der Waals surface area (Å²) in [5, 5.41) is 0. The van der Waals surface area contributed by atoms with Crippen LogP contribution in [-0.4, -0.2) is 76.1 Å². The third-order valence-corrected chi connectivity index (χ3v) is 18.3. The molecule has 0 N–H and O–H groups in total. The van der Waals surface area contributed by atoms with Crippen LogP contribution >= 0.6 is 0 Å². The Kier molecular flexibility index (Phi) is 14.9. The Hall–Kier alpha value is 0.588. The maximum Gasteiger partial charge on any atom is 0.500 e. The third kappa shape index (κ3) is 11.1. The van der Waals surface area contributed by atoms with E-state index >= 15 is 0 Å². The molecule has 0 aliphatic heterocycles. The second-order valence-corrected chi connectivity index (χ2v) is 20.3. The van der Waals surface area contributed by atoms with Crippen molar-refractivity contribution in [3.05, 3.63) is 0 Å². The fourth-order valence-corrected chi connectivity index (χ4v) is 18.6. The Bertz CT molecular complexity index is 393. The molecule has 170 valence electrons. The van der Waals surface area contributed by atoms with Gasteiger partial charge in [0.2, 0.25) is 0 Å². The van der Waals surface area contributed by atoms with E-state index in [0.717, 1.165) is 38.1 Å². The van der Waals surface area contributed by atoms with Crippen LogP contribution in [0.2, 0.25) is 44.3 Å². The minimum Gasteiger partial charge on any atom is -0.439 e. The molecule has 0 heterocycles. The van der Waals surface area contributed by atoms with E-state index in [1.54, 1.807) is 21.3 Å². The monoisotopic (exact) mass is 472 g/mol. The van der Waals surface area contributed by atoms with Crippen molar-refractivity contribution in [2.24, 2.45) is 0 Å². The first-order valence-corrected chi connectivity index (χ1v) is 20.1. The van der Waals surface area contributed by atoms with E-state index in [0.29, 0.717) is 12.7 Å². The summed E-state index contributed by atoms with van der Waals surface area (Å²) in [6.07, 6.45) is 1.92. The molecular weight excluding hydrogens is 429 g/mol. The lowest BCUT2D eigenvalue weighted by atomic mass is 10.5. The van der Waals surface area contributed by atoms with Crippen LogP contribution in [0.1, 0.15) is 26.7 Å². The first-order valence-electron chi connectivity index (χ1n) is 10.4. The molecule has 28 heavy (non-hydrogen) atoms. The Balaban J connectivity index is 5.31. The van der Waals surface area contributed by atoms with Gasteiger partial charge in [0.15, 0.2) is 9.04 Å². The molecule has 0 radical (unpaired) electrons. The summed E-state index contributed by atoms with van der Waals surface area (Å²) < 4.78 is 41.9. The fourth-order valence-electron chi connectivity index (χ4n) is 3.14. The summed E-state index contributed by atoms with van der Waals surface area (Å²) in [6.45, 7) is 15.0. The quantitative estimate of drug-likeness (QED) is 0.221. The molecule has 0 aromatic carbocycles. The molecule has 0 rings (SSSR count). The van der Waals surface area contributed by atoms with Gasteiger partial charge in [0.25, 0.3) is 0 Å². The van der Waals surface area contributed by atoms with Crippen LogP contribution < -0.4 is 0 Å². The maximum absolute atomic E-state index is 6.82. The SMILES string of the molecule is CCCO[Si](C)(CCCOCC)O[Si](C)(CC[Si](OC)(OC)OC)O[SiH](C)C. The molecular formula is C17H44O7Si4. The molecule has 0 saturated carbocycles. The van der Waals surface area contributed by atoms with Crippen molar-refractivity contribution in [3.8, 4) is 0 Å². The van der Waals surface area contributed by atoms with Crippen LogP contribution in [0.15, 0.2) is 0 Å². The van der Waals surface area contributed by atoms with Crippen molar-refractivity contribution in [1.29, 1.82) is 0 Å². The van der Waals surface area contributed by atoms with E-state index in [9.17, 15) is 0 Å². The average molecular weight is 473 g/mol. The number of ether oxygens (including phenoxy) is 1. The summed E-state index contributed by atoms with van der Waals surface area (Å²) in [6, 6.07) is 2.35. The fraction of sp³-hybridized carbons (Fsp3) is 1.00. The van der Waals surface area contributed by atoms with Gasteiger partial charge in [-0.05, 0) is 58.0 Å². The second-order valence-electron chi connectivity index (χ2n) is 7.48. The molecule has 0 fully saturated rings. The van der Waals surface area contributed by atoms with E-state index in [1.165, 1.54) is 0 Å². The lowest BCUT2D eigenvalue weighted by molar-refractivity contribution is 0.124. The van der Waals surface area contributed by atoms with E-state index in [-0.39, 0.29) is 0 Å². The van der Waals surface area contributed by atoms with Crippen LogP contribution in [0.4, 0.5) is 0 Å². The standard InChI is InChI=1S/C17H44O7Si4/c1-10-13-22-26(8,15-12-14-21-11-2)24-27(9,23-25(6)7)16-17-28(18-3,19-4)20-5/h25H,10-17H2,1-9H3. The minimum atomic E-state index is -2.67. The third-order valence-electron chi connectivity index (χ3n) is 4.47. The summed E-state index contributed by atoms with van der Waals surface area (Å²) in [4.78, 5) is 0. The molecule has 11 heteroatoms. The summed E-state index contributed by atoms with van der Waals surface area (Å²) in [5.41, 5.74) is 0. The smallest absolute Gasteiger partial charge is 0.439 e. The molecule has 0 aromatic heterocycles. The van der Waals surface area contributed by atoms with Gasteiger partial charge in [-0.1, -0.05) is 6.92 Å². The Labute approximate surface area is 177 Å². The minimum absolute atomic E-state index is 0.678. The van der Waals surface area contributed by atoms with Crippen molar-refractivity contribution in [1.82, 2.24) is 0 Å². The molecule has 7 nitrogen and oxygen atoms in total. The molecule has 0 aliphatic rings. The van der Waals surface area contributed by atoms with Crippen LogP contribution in [-0.2, 0) is 30.7 Å². The molecule has 2 unspecified atom stereocenters. The first kappa shape index (κ1) is 28.6. The number of hydrogen-bond acceptors (Lipinski definition) is 7. The molecule has 0 amide bonds. The lowest BCUT2D eigenvalue weighted by Gasteiger charge is -2.39. The van der Waals surface area contributed by atoms with Gasteiger partial charge >= 0.3 is 25.9 Å². The lowest BCUT2D eigenvalue weighted by Crippen LogP contribution is -2.55. The molecule has 0 aromatic rings. The second kappa shape index (κ2) is 14.6. The van der Waals surface area contributed by atoms with E-state index in [1.807, 2.05) is 6.92 Å². The van der Waals surface area contributed by atoms with Crippen molar-refractivity contribution in [2.45, 2.75) is 71.0 Å². The van der Waals surface area contributed by atoms with E-state index in [2.05, 4.69) is 33.1 Å². The van der Waals surface area contributed by atoms with Crippen LogP contribution in [0, 0.1) is 0 Å². The highest BCUT2D eigenvalue weighted by Gasteiger charge is 2.47. The van der Waals surface area contributed by atoms with Gasteiger partial charge in [-0.15, -0.1) is 0 Å². The zero-order valence-corrected chi connectivity index (χ0v) is 23.7. The van der Waals surface area contributed by atoms with Gasteiger partial charge in [-0.2, -0.15) is 0 Å². The summed E-state index contributed by atoms with van der Waals surface area (Å²) in [7, 11) is -3.87. The zero-order valence-electron chi connectivity index (χ0n) is 19.6. The van der Waals surface area contributed by atoms with Gasteiger partial charge < -0.3 is 30.7 Å². The molecule has 2 atom stereocenters. The molecule has 0 bridgehead atoms. The highest BCUT2D eigenvalue weighted by Crippen LogP contribution is 2.30. The largest absolute Gasteiger partial charge is 0.500 e. The zero-order chi connectivity index (χ0) is 21.7. The Morgan fingerprint density at radius 1 is 0.786 bits per heavy atom. The normalized spacial score (nSPS) is 16.9. The summed E-state index contributed by atoms with van der Waals surface area (Å²) in [5.74, 6) is 0. The van der Waals surface area contributed by atoms with Crippen LogP contribution in [0.3, 0.4) is 0 Å². The van der Waals surface area contributed by atoms with Gasteiger partial charge in [0.05, 0.1) is 0 Å². The molecule has 0 saturated heterocycles. The van der Waals surface area contributed by atoms with E-state index < -0.39 is 35.0 Å². The van der Waals surface area contributed by atoms with Crippen molar-refractivity contribution >= 4 is 35.0 Å². The van der Waals surface area contributed by atoms with Gasteiger partial charge in [-0.25, -0.2) is 0 Å². The maximum atomic E-state index is 6.82. The van der Waals surface area contributed by atoms with Crippen molar-refractivity contribution < 1.29 is 30.7 Å². The average Bonchev–Trinajstić information content (AvgIpc) is 2.64. The van der Waals surface area contributed by atoms with Crippen molar-refractivity contribution in [3.63, 3.8) is 0 Å². The van der Waals surface area contributed by atoms with Crippen LogP contribution in [0.25, 0.3) is 0 Å². The number of hydrogen-bond donors (Lipinski definition) is 0. The highest BCUT2D eigenvalue weighted by molar-refractivity contribution is 6.83. The molecule has 0 aliphatic carbocycles. The highest BCUT2D eigenvalue weighted by atomic mass is 28.5. The van der Waals surface area contributed by atoms with Gasteiger partial charge in [0.1, 0.15) is 0 Å². The predicted molar refractivity (Wildman–Crippen MR) is 123 cm³/mol. The van der Waals surface area contributed by atoms with Gasteiger partial charge in [-0.3, -0.25) is 0 Å². The first-order chi connectivity index (χ1) is 13.1. The topological polar surface area (TPSA) is 64.6 Å². The Morgan fingerprint density at radius 2 is 1.39 bits per heavy atom. The predicted octanol–water partition coefficient (Wildman–Crippen LogP) is 3.88. The van der Waals surface area contributed by atoms with E-state index in [4.69, 9.17) is 30.7 Å². The van der Waals surface area contributed by atoms with Crippen molar-refractivity contribution in [2.75, 3.05) is 41.2 Å². The Morgan fingerprint density at radius 3 is 1.86 bits per heavy atom. The van der Waals surface area contributed by atoms with Gasteiger partial charge in [0, 0.05) is 47.2 Å². The summed E-state index contributed by atoms with van der Waals surface area (Å²) >= 11 is 0. The number of rotatable bonds is 18.